The van der Waals surface area contributed by atoms with Crippen LogP contribution in [-0.4, -0.2) is 11.3 Å². The van der Waals surface area contributed by atoms with Crippen LogP contribution in [0, 0.1) is 5.92 Å². The van der Waals surface area contributed by atoms with Gasteiger partial charge in [0.2, 0.25) is 5.91 Å². The van der Waals surface area contributed by atoms with Crippen molar-refractivity contribution >= 4 is 17.5 Å². The van der Waals surface area contributed by atoms with Gasteiger partial charge in [-0.15, -0.1) is 11.6 Å². The Labute approximate surface area is 115 Å². The molecule has 0 aromatic heterocycles. The second-order valence-electron chi connectivity index (χ2n) is 5.19. The minimum atomic E-state index is -0.493. The number of nitrogens with one attached hydrogen (secondary N) is 1. The average Bonchev–Trinajstić information content (AvgIpc) is 2.28. The van der Waals surface area contributed by atoms with Crippen molar-refractivity contribution in [1.29, 1.82) is 0 Å². The molecule has 0 aliphatic carbocycles. The lowest BCUT2D eigenvalue weighted by molar-refractivity contribution is -0.121. The zero-order valence-electron chi connectivity index (χ0n) is 11.5. The maximum atomic E-state index is 11.5. The quantitative estimate of drug-likeness (QED) is 0.810. The second-order valence-corrected chi connectivity index (χ2v) is 5.84. The Kier molecular flexibility index (Phi) is 5.67. The summed E-state index contributed by atoms with van der Waals surface area (Å²) in [6.45, 7) is 8.06. The first kappa shape index (κ1) is 15.0. The number of rotatable bonds is 5. The topological polar surface area (TPSA) is 29.1 Å². The summed E-state index contributed by atoms with van der Waals surface area (Å²) in [5, 5.41) is 2.39. The maximum absolute atomic E-state index is 11.5. The highest BCUT2D eigenvalue weighted by Crippen LogP contribution is 2.16. The van der Waals surface area contributed by atoms with Gasteiger partial charge < -0.3 is 5.32 Å². The molecule has 0 fully saturated rings. The largest absolute Gasteiger partial charge is 0.348 e. The molecule has 2 nitrogen and oxygen atoms in total. The molecule has 1 aromatic carbocycles. The van der Waals surface area contributed by atoms with Crippen LogP contribution in [0.4, 0.5) is 0 Å². The van der Waals surface area contributed by atoms with E-state index >= 15 is 0 Å². The molecule has 18 heavy (non-hydrogen) atoms. The summed E-state index contributed by atoms with van der Waals surface area (Å²) in [5.74, 6) is 0.528. The Hall–Kier alpha value is -1.02. The third kappa shape index (κ3) is 4.69. The van der Waals surface area contributed by atoms with E-state index in [2.05, 4.69) is 43.4 Å². The first-order valence-electron chi connectivity index (χ1n) is 6.43. The van der Waals surface area contributed by atoms with Crippen LogP contribution in [0.15, 0.2) is 24.3 Å². The Bertz CT molecular complexity index is 384. The third-order valence-corrected chi connectivity index (χ3v) is 3.04. The fraction of sp³-hybridized carbons (Fsp3) is 0.533. The average molecular weight is 268 g/mol. The normalized spacial score (nSPS) is 14.3. The molecule has 3 heteroatoms. The van der Waals surface area contributed by atoms with E-state index in [0.717, 1.165) is 12.0 Å². The van der Waals surface area contributed by atoms with Crippen molar-refractivity contribution in [2.75, 3.05) is 0 Å². The third-order valence-electron chi connectivity index (χ3n) is 2.84. The van der Waals surface area contributed by atoms with Crippen molar-refractivity contribution in [3.8, 4) is 0 Å². The predicted molar refractivity (Wildman–Crippen MR) is 76.9 cm³/mol. The molecule has 0 aliphatic heterocycles. The summed E-state index contributed by atoms with van der Waals surface area (Å²) in [7, 11) is 0. The first-order chi connectivity index (χ1) is 8.40. The lowest BCUT2D eigenvalue weighted by atomic mass is 10.00. The minimum absolute atomic E-state index is 0.00759. The molecule has 1 aromatic rings. The van der Waals surface area contributed by atoms with Crippen molar-refractivity contribution in [3.05, 3.63) is 35.4 Å². The minimum Gasteiger partial charge on any atom is -0.348 e. The maximum Gasteiger partial charge on any atom is 0.238 e. The van der Waals surface area contributed by atoms with Crippen LogP contribution in [0.5, 0.6) is 0 Å². The van der Waals surface area contributed by atoms with Crippen molar-refractivity contribution in [1.82, 2.24) is 5.32 Å². The van der Waals surface area contributed by atoms with Gasteiger partial charge in [0.1, 0.15) is 5.38 Å². The van der Waals surface area contributed by atoms with Gasteiger partial charge in [-0.2, -0.15) is 0 Å². The Balaban J connectivity index is 2.64. The summed E-state index contributed by atoms with van der Waals surface area (Å²) >= 11 is 5.73. The highest BCUT2D eigenvalue weighted by Gasteiger charge is 2.13. The lowest BCUT2D eigenvalue weighted by Gasteiger charge is -2.16. The predicted octanol–water partition coefficient (Wildman–Crippen LogP) is 3.69. The number of hydrogen-bond acceptors (Lipinski definition) is 1. The summed E-state index contributed by atoms with van der Waals surface area (Å²) in [6, 6.07) is 8.39. The number of hydrogen-bond donors (Lipinski definition) is 1. The lowest BCUT2D eigenvalue weighted by Crippen LogP contribution is -2.31. The zero-order valence-corrected chi connectivity index (χ0v) is 12.3. The van der Waals surface area contributed by atoms with Gasteiger partial charge in [-0.3, -0.25) is 4.79 Å². The number of alkyl halides is 1. The number of halogens is 1. The van der Waals surface area contributed by atoms with Crippen molar-refractivity contribution in [2.45, 2.75) is 45.5 Å². The van der Waals surface area contributed by atoms with E-state index in [4.69, 9.17) is 11.6 Å². The van der Waals surface area contributed by atoms with E-state index in [1.807, 2.05) is 6.92 Å². The molecule has 0 heterocycles. The van der Waals surface area contributed by atoms with Crippen molar-refractivity contribution in [2.24, 2.45) is 5.92 Å². The molecule has 0 aliphatic rings. The fourth-order valence-corrected chi connectivity index (χ4v) is 1.89. The van der Waals surface area contributed by atoms with Gasteiger partial charge in [-0.05, 0) is 37.3 Å². The van der Waals surface area contributed by atoms with Gasteiger partial charge in [0, 0.05) is 0 Å². The van der Waals surface area contributed by atoms with Crippen molar-refractivity contribution in [3.63, 3.8) is 0 Å². The van der Waals surface area contributed by atoms with Crippen LogP contribution in [0.25, 0.3) is 0 Å². The monoisotopic (exact) mass is 267 g/mol. The summed E-state index contributed by atoms with van der Waals surface area (Å²) < 4.78 is 0. The molecule has 0 bridgehead atoms. The molecule has 1 rings (SSSR count). The molecule has 1 amide bonds. The van der Waals surface area contributed by atoms with Gasteiger partial charge in [-0.25, -0.2) is 0 Å². The smallest absolute Gasteiger partial charge is 0.238 e. The molecule has 0 spiro atoms. The Morgan fingerprint density at radius 1 is 1.17 bits per heavy atom. The van der Waals surface area contributed by atoms with Crippen LogP contribution < -0.4 is 5.32 Å². The van der Waals surface area contributed by atoms with Crippen LogP contribution in [0.1, 0.15) is 44.9 Å². The van der Waals surface area contributed by atoms with Crippen molar-refractivity contribution < 1.29 is 4.79 Å². The summed E-state index contributed by atoms with van der Waals surface area (Å²) in [4.78, 5) is 11.5. The number of amides is 1. The van der Waals surface area contributed by atoms with Crippen LogP contribution in [0.2, 0.25) is 0 Å². The van der Waals surface area contributed by atoms with E-state index in [-0.39, 0.29) is 11.9 Å². The molecule has 100 valence electrons. The summed E-state index contributed by atoms with van der Waals surface area (Å²) in [5.41, 5.74) is 2.44. The highest BCUT2D eigenvalue weighted by molar-refractivity contribution is 6.30. The van der Waals surface area contributed by atoms with Gasteiger partial charge in [0.15, 0.2) is 0 Å². The molecule has 2 unspecified atom stereocenters. The highest BCUT2D eigenvalue weighted by atomic mass is 35.5. The van der Waals surface area contributed by atoms with Gasteiger partial charge in [-0.1, -0.05) is 38.1 Å². The number of carbonyl (C=O) groups excluding carboxylic acids is 1. The second kappa shape index (κ2) is 6.79. The Morgan fingerprint density at radius 3 is 2.17 bits per heavy atom. The van der Waals surface area contributed by atoms with Crippen LogP contribution in [0.3, 0.4) is 0 Å². The molecular weight excluding hydrogens is 246 g/mol. The molecule has 0 saturated carbocycles. The molecular formula is C15H22ClNO. The molecule has 0 saturated heterocycles. The number of carbonyl (C=O) groups is 1. The Morgan fingerprint density at radius 2 is 1.72 bits per heavy atom. The fourth-order valence-electron chi connectivity index (χ4n) is 1.83. The zero-order chi connectivity index (χ0) is 13.7. The van der Waals surface area contributed by atoms with E-state index in [1.54, 1.807) is 6.92 Å². The van der Waals surface area contributed by atoms with Crippen LogP contribution in [-0.2, 0) is 11.2 Å². The summed E-state index contributed by atoms with van der Waals surface area (Å²) in [6.07, 6.45) is 1.08. The van der Waals surface area contributed by atoms with Gasteiger partial charge >= 0.3 is 0 Å². The van der Waals surface area contributed by atoms with Gasteiger partial charge in [0.05, 0.1) is 6.04 Å². The van der Waals surface area contributed by atoms with E-state index in [0.29, 0.717) is 5.92 Å². The standard InChI is InChI=1S/C15H22ClNO/c1-10(2)9-13-5-7-14(8-6-13)12(4)17-15(18)11(3)16/h5-8,10-12H,9H2,1-4H3,(H,17,18). The first-order valence-corrected chi connectivity index (χ1v) is 6.87. The van der Waals surface area contributed by atoms with E-state index < -0.39 is 5.38 Å². The van der Waals surface area contributed by atoms with E-state index in [1.165, 1.54) is 5.56 Å². The SMILES string of the molecule is CC(C)Cc1ccc(C(C)NC(=O)C(C)Cl)cc1. The number of benzene rings is 1. The molecule has 0 radical (unpaired) electrons. The van der Waals surface area contributed by atoms with E-state index in [9.17, 15) is 4.79 Å². The molecule has 2 atom stereocenters. The molecule has 1 N–H and O–H groups in total. The van der Waals surface area contributed by atoms with Gasteiger partial charge in [0.25, 0.3) is 0 Å². The van der Waals surface area contributed by atoms with Crippen LogP contribution >= 0.6 is 11.6 Å².